The van der Waals surface area contributed by atoms with E-state index in [1.807, 2.05) is 67.7 Å². The maximum Gasteiger partial charge on any atom is 0.157 e. The van der Waals surface area contributed by atoms with Crippen molar-refractivity contribution < 1.29 is 33.6 Å². The zero-order chi connectivity index (χ0) is 87.8. The zero-order valence-corrected chi connectivity index (χ0v) is 77.0. The van der Waals surface area contributed by atoms with Crippen molar-refractivity contribution in [3.8, 4) is 0 Å². The van der Waals surface area contributed by atoms with Crippen LogP contribution in [0.15, 0.2) is 194 Å². The summed E-state index contributed by atoms with van der Waals surface area (Å²) in [6, 6.07) is 66.9. The Bertz CT molecular complexity index is 4390. The molecule has 14 nitrogen and oxygen atoms in total. The first kappa shape index (κ1) is 97.2. The van der Waals surface area contributed by atoms with Gasteiger partial charge < -0.3 is 16.0 Å². The van der Waals surface area contributed by atoms with Crippen molar-refractivity contribution in [3.05, 3.63) is 250 Å². The summed E-state index contributed by atoms with van der Waals surface area (Å²) in [5.74, 6) is 2.72. The predicted octanol–water partition coefficient (Wildman–Crippen LogP) is 21.7. The summed E-state index contributed by atoms with van der Waals surface area (Å²) in [4.78, 5) is 94.7. The number of carbonyl (C=O) groups excluding carboxylic acids is 7. The molecule has 0 unspecified atom stereocenters. The quantitative estimate of drug-likeness (QED) is 0.0567. The Morgan fingerprint density at radius 2 is 0.642 bits per heavy atom. The van der Waals surface area contributed by atoms with Gasteiger partial charge in [-0.1, -0.05) is 291 Å². The first-order valence-electron chi connectivity index (χ1n) is 48.1. The van der Waals surface area contributed by atoms with Gasteiger partial charge in [0.1, 0.15) is 38.8 Å². The summed E-state index contributed by atoms with van der Waals surface area (Å²) >= 11 is 0. The number of nitrogens with one attached hydrogen (secondary N) is 4. The molecular weight excluding hydrogens is 1520 g/mol. The lowest BCUT2D eigenvalue weighted by Gasteiger charge is -2.47. The number of ketones is 7. The smallest absolute Gasteiger partial charge is 0.157 e. The molecule has 16 rings (SSSR count). The highest BCUT2D eigenvalue weighted by Gasteiger charge is 2.50. The van der Waals surface area contributed by atoms with E-state index in [-0.39, 0.29) is 16.6 Å². The molecule has 4 N–H and O–H groups in total. The van der Waals surface area contributed by atoms with E-state index in [9.17, 15) is 33.6 Å². The van der Waals surface area contributed by atoms with Crippen LogP contribution in [0.4, 0.5) is 0 Å². The molecule has 7 aromatic rings. The molecule has 7 aromatic carbocycles. The lowest BCUT2D eigenvalue weighted by molar-refractivity contribution is -0.136. The molecule has 2 saturated heterocycles. The number of hydrogen-bond donors (Lipinski definition) is 4. The van der Waals surface area contributed by atoms with Gasteiger partial charge in [0.15, 0.2) is 40.5 Å². The summed E-state index contributed by atoms with van der Waals surface area (Å²) in [6.45, 7) is 26.8. The summed E-state index contributed by atoms with van der Waals surface area (Å²) in [6.07, 6.45) is 34.4. The van der Waals surface area contributed by atoms with E-state index in [1.54, 1.807) is 0 Å². The van der Waals surface area contributed by atoms with Crippen LogP contribution in [0.5, 0.6) is 0 Å². The molecule has 7 saturated carbocycles. The van der Waals surface area contributed by atoms with Crippen molar-refractivity contribution in [1.82, 2.24) is 36.0 Å². The van der Waals surface area contributed by atoms with Gasteiger partial charge in [0, 0.05) is 51.0 Å². The summed E-state index contributed by atoms with van der Waals surface area (Å²) in [5, 5.41) is 13.7. The van der Waals surface area contributed by atoms with E-state index in [4.69, 9.17) is 0 Å². The highest BCUT2D eigenvalue weighted by atomic mass is 16.2. The third-order valence-corrected chi connectivity index (χ3v) is 28.3. The number of aryl methyl sites for hydroxylation is 3. The molecule has 0 aromatic heterocycles. The number of likely N-dealkylation sites (tertiary alicyclic amines) is 2. The maximum absolute atomic E-state index is 12.8. The van der Waals surface area contributed by atoms with Crippen LogP contribution >= 0.6 is 0 Å². The fraction of sp³-hybridized carbons (Fsp3) is 0.550. The molecule has 123 heavy (non-hydrogen) atoms. The molecular formula is C109H151N7O7. The van der Waals surface area contributed by atoms with Gasteiger partial charge in [-0.3, -0.25) is 53.6 Å². The van der Waals surface area contributed by atoms with Crippen LogP contribution in [0, 0.1) is 13.8 Å². The van der Waals surface area contributed by atoms with Crippen molar-refractivity contribution in [2.45, 2.75) is 325 Å². The number of likely N-dealkylation sites (N-methyl/N-ethyl adjacent to an activating group) is 4. The Morgan fingerprint density at radius 1 is 0.317 bits per heavy atom. The summed E-state index contributed by atoms with van der Waals surface area (Å²) < 4.78 is 0. The monoisotopic (exact) mass is 1670 g/mol. The fourth-order valence-corrected chi connectivity index (χ4v) is 22.0. The average Bonchev–Trinajstić information content (AvgIpc) is 0.826. The van der Waals surface area contributed by atoms with E-state index in [1.165, 1.54) is 78.3 Å². The Kier molecular flexibility index (Phi) is 37.5. The van der Waals surface area contributed by atoms with Crippen LogP contribution < -0.4 is 21.3 Å². The molecule has 2 aliphatic heterocycles. The molecule has 0 spiro atoms. The van der Waals surface area contributed by atoms with E-state index >= 15 is 0 Å². The van der Waals surface area contributed by atoms with Crippen LogP contribution in [0.1, 0.15) is 316 Å². The molecule has 14 heteroatoms. The molecule has 7 aliphatic carbocycles. The molecule has 0 bridgehead atoms. The third-order valence-electron chi connectivity index (χ3n) is 28.3. The van der Waals surface area contributed by atoms with Crippen molar-refractivity contribution >= 4 is 40.5 Å². The summed E-state index contributed by atoms with van der Waals surface area (Å²) in [5.41, 5.74) is 9.26. The molecule has 7 atom stereocenters. The third kappa shape index (κ3) is 23.0. The highest BCUT2D eigenvalue weighted by molar-refractivity contribution is 5.94. The van der Waals surface area contributed by atoms with Crippen LogP contribution in [0.25, 0.3) is 0 Å². The largest absolute Gasteiger partial charge is 0.304 e. The van der Waals surface area contributed by atoms with Gasteiger partial charge in [-0.2, -0.15) is 0 Å². The number of nitrogens with zero attached hydrogens (tertiary/aromatic N) is 3. The van der Waals surface area contributed by atoms with Gasteiger partial charge in [0.25, 0.3) is 0 Å². The minimum absolute atomic E-state index is 0.296. The molecule has 664 valence electrons. The Morgan fingerprint density at radius 3 is 1.00 bits per heavy atom. The van der Waals surface area contributed by atoms with E-state index in [0.29, 0.717) is 72.2 Å². The second-order valence-corrected chi connectivity index (χ2v) is 36.4. The first-order valence-corrected chi connectivity index (χ1v) is 48.1. The number of hydrogen-bond acceptors (Lipinski definition) is 14. The second-order valence-electron chi connectivity index (χ2n) is 36.4. The normalized spacial score (nSPS) is 26.3. The van der Waals surface area contributed by atoms with Gasteiger partial charge in [0.2, 0.25) is 0 Å². The van der Waals surface area contributed by atoms with Crippen molar-refractivity contribution in [2.24, 2.45) is 0 Å². The van der Waals surface area contributed by atoms with E-state index < -0.39 is 22.2 Å². The Hall–Kier alpha value is -8.05. The molecule has 9 aliphatic rings. The molecule has 2 heterocycles. The van der Waals surface area contributed by atoms with Crippen LogP contribution in [0.2, 0.25) is 0 Å². The molecule has 9 fully saturated rings. The van der Waals surface area contributed by atoms with Crippen molar-refractivity contribution in [2.75, 3.05) is 59.4 Å². The lowest BCUT2D eigenvalue weighted by Crippen LogP contribution is -2.55. The minimum atomic E-state index is -0.437. The van der Waals surface area contributed by atoms with Crippen LogP contribution in [-0.4, -0.2) is 121 Å². The average molecular weight is 1670 g/mol. The zero-order valence-electron chi connectivity index (χ0n) is 77.0. The van der Waals surface area contributed by atoms with Crippen molar-refractivity contribution in [3.63, 3.8) is 0 Å². The number of piperidine rings is 1. The van der Waals surface area contributed by atoms with Gasteiger partial charge in [0.05, 0.1) is 0 Å². The number of carbonyl (C=O) groups is 7. The summed E-state index contributed by atoms with van der Waals surface area (Å²) in [7, 11) is 1.89. The Labute approximate surface area is 740 Å². The van der Waals surface area contributed by atoms with Crippen LogP contribution in [0.3, 0.4) is 0 Å². The first-order chi connectivity index (χ1) is 59.7. The number of benzene rings is 7. The topological polar surface area (TPSA) is 177 Å². The number of rotatable bonds is 20. The van der Waals surface area contributed by atoms with Gasteiger partial charge >= 0.3 is 0 Å². The highest BCUT2D eigenvalue weighted by Crippen LogP contribution is 2.46. The van der Waals surface area contributed by atoms with Gasteiger partial charge in [-0.05, 0) is 254 Å². The van der Waals surface area contributed by atoms with E-state index in [2.05, 4.69) is 232 Å². The molecule has 0 radical (unpaired) electrons. The number of Topliss-reactive ketones (excluding diaryl/α,β-unsaturated/α-hetero) is 7. The Balaban J connectivity index is 0.000000150. The van der Waals surface area contributed by atoms with Gasteiger partial charge in [-0.15, -0.1) is 0 Å². The lowest BCUT2D eigenvalue weighted by atomic mass is 9.73. The van der Waals surface area contributed by atoms with E-state index in [0.717, 1.165) is 222 Å². The van der Waals surface area contributed by atoms with Crippen molar-refractivity contribution in [1.29, 1.82) is 0 Å². The fourth-order valence-electron chi connectivity index (χ4n) is 22.0. The minimum Gasteiger partial charge on any atom is -0.304 e. The standard InChI is InChI=1S/C17H23NO.C16H21NO.2C16H23NO.2C15H21NO.C14H19NO/c19-16-11-5-6-12-17(16,15-9-3-1-4-10-15)18-13-7-2-8-14-18;18-15-10-4-5-11-16(15,17-12-6-7-13-17)14-8-2-1-3-9-14;1-3-13-8-7-9-14(12-13)16(17-4-2)11-6-5-10-15(16)18;1-3-17(4-2)16(13-9-8-12-15(16)18)14-10-6-5-7-11-14;1-12(2)16-15(11-7-6-10-14(15)17)13-8-4-3-5-9-13;1-3-16-15(10-5-4-9-14(15)17)13-8-6-7-12(2)11-13;1-11-6-5-7-12(10-11)14(15-2)9-4-3-8-13(14)16/h1,3-4,9-10H,2,5-8,11-14H2;1-3,8-9H,4-7,10-13H2;7-9,12,17H,3-6,10-11H2,1-2H3;5-7,10-11H,3-4,8-9,12-13H2,1-2H3;3-5,8-9,12,16H,6-7,10-11H2,1-2H3;6-8,11,16H,3-5,9-10H2,1-2H3;5-7,10,15H,3-4,8-9H2,1-2H3/t17-;3*16-;2*15-;14-/m0000000/s1. The van der Waals surface area contributed by atoms with Crippen LogP contribution in [-0.2, 0) is 78.8 Å². The SMILES string of the molecule is CC(C)N[C@]1(c2ccccc2)CCCCC1=O.CCN(CC)[C@]1(c2ccccc2)CCCCC1=O.CCN[C@]1(c2cccc(C)c2)CCCCC1=O.CCN[C@]1(c2cccc(CC)c2)CCCCC1=O.CN[C@]1(c2cccc(C)c2)CCCCC1=O.O=C1CCCC[C@@]1(c1ccccc1)N1CCCC1.O=C1CCCC[C@@]1(c1ccccc1)N1CCCCC1. The second kappa shape index (κ2) is 47.5. The predicted molar refractivity (Wildman–Crippen MR) is 504 cm³/mol. The van der Waals surface area contributed by atoms with Gasteiger partial charge in [-0.25, -0.2) is 0 Å². The maximum atomic E-state index is 12.8. The molecule has 0 amide bonds.